The Balaban J connectivity index is 1.42. The molecule has 0 saturated heterocycles. The van der Waals surface area contributed by atoms with Crippen LogP contribution in [0.15, 0.2) is 78.9 Å². The van der Waals surface area contributed by atoms with E-state index in [1.54, 1.807) is 18.2 Å². The van der Waals surface area contributed by atoms with E-state index in [0.717, 1.165) is 20.3 Å². The third-order valence-corrected chi connectivity index (χ3v) is 7.55. The molecule has 4 rings (SSSR count). The van der Waals surface area contributed by atoms with Gasteiger partial charge in [0.2, 0.25) is 0 Å². The maximum atomic E-state index is 12.3. The summed E-state index contributed by atoms with van der Waals surface area (Å²) in [5.74, 6) is -0.766. The molecule has 1 heterocycles. The molecule has 0 atom stereocenters. The van der Waals surface area contributed by atoms with Crippen LogP contribution in [0.25, 0.3) is 11.1 Å². The molecule has 0 unspecified atom stereocenters. The molecule has 1 aliphatic heterocycles. The summed E-state index contributed by atoms with van der Waals surface area (Å²) in [5, 5.41) is 0. The van der Waals surface area contributed by atoms with Crippen LogP contribution in [-0.2, 0) is 17.3 Å². The molecule has 4 nitrogen and oxygen atoms in total. The molecule has 26 heavy (non-hydrogen) atoms. The van der Waals surface area contributed by atoms with Crippen molar-refractivity contribution in [2.24, 2.45) is 0 Å². The Kier molecular flexibility index (Phi) is 4.71. The number of fused-ring (bicyclic) bond motifs is 1. The number of hydrogen-bond acceptors (Lipinski definition) is 4. The van der Waals surface area contributed by atoms with Crippen molar-refractivity contribution in [3.63, 3.8) is 0 Å². The van der Waals surface area contributed by atoms with Gasteiger partial charge in [-0.3, -0.25) is 0 Å². The Bertz CT molecular complexity index is 951. The van der Waals surface area contributed by atoms with Crippen LogP contribution in [0, 0.1) is 3.57 Å². The van der Waals surface area contributed by atoms with Gasteiger partial charge < -0.3 is 0 Å². The van der Waals surface area contributed by atoms with E-state index in [4.69, 9.17) is 6.13 Å². The number of hydrogen-bond donors (Lipinski definition) is 0. The number of carbonyl (C=O) groups excluding carboxylic acids is 2. The van der Waals surface area contributed by atoms with Gasteiger partial charge in [0.15, 0.2) is 0 Å². The first-order valence-electron chi connectivity index (χ1n) is 8.08. The molecule has 3 aromatic carbocycles. The predicted molar refractivity (Wildman–Crippen MR) is 106 cm³/mol. The topological polar surface area (TPSA) is 52.6 Å². The van der Waals surface area contributed by atoms with Crippen LogP contribution >= 0.6 is 20.6 Å². The van der Waals surface area contributed by atoms with Gasteiger partial charge in [-0.2, -0.15) is 0 Å². The van der Waals surface area contributed by atoms with Crippen LogP contribution in [0.1, 0.15) is 15.9 Å². The molecule has 0 aliphatic carbocycles. The summed E-state index contributed by atoms with van der Waals surface area (Å²) < 4.78 is 11.5. The standard InChI is InChI=1S/C21H15IO4/c23-20(25-22-19-9-5-4-8-18(19)21(24)26-22)14-15-10-12-17(13-11-15)16-6-2-1-3-7-16/h1-13H,14H2. The van der Waals surface area contributed by atoms with E-state index >= 15 is 0 Å². The van der Waals surface area contributed by atoms with Gasteiger partial charge >= 0.3 is 159 Å². The van der Waals surface area contributed by atoms with Gasteiger partial charge in [-0.1, -0.05) is 0 Å². The van der Waals surface area contributed by atoms with Crippen molar-refractivity contribution < 1.29 is 15.7 Å². The average molecular weight is 458 g/mol. The number of halogens is 1. The SMILES string of the molecule is O=C(Cc1ccc(-c2ccccc2)cc1)OI1OC(=O)c2ccccc21. The fourth-order valence-electron chi connectivity index (χ4n) is 2.68. The molecule has 0 amide bonds. The molecule has 0 spiro atoms. The molecule has 0 aromatic heterocycles. The van der Waals surface area contributed by atoms with Gasteiger partial charge in [-0.15, -0.1) is 0 Å². The van der Waals surface area contributed by atoms with Gasteiger partial charge in [-0.25, -0.2) is 0 Å². The summed E-state index contributed by atoms with van der Waals surface area (Å²) in [5.41, 5.74) is 3.60. The second-order valence-corrected chi connectivity index (χ2v) is 9.03. The zero-order valence-electron chi connectivity index (χ0n) is 13.7. The molecule has 5 heteroatoms. The Morgan fingerprint density at radius 2 is 1.50 bits per heavy atom. The van der Waals surface area contributed by atoms with Crippen molar-refractivity contribution in [1.29, 1.82) is 0 Å². The summed E-state index contributed by atoms with van der Waals surface area (Å²) >= 11 is -2.69. The Morgan fingerprint density at radius 3 is 2.27 bits per heavy atom. The molecule has 0 saturated carbocycles. The van der Waals surface area contributed by atoms with Crippen molar-refractivity contribution in [2.45, 2.75) is 6.42 Å². The normalized spacial score (nSPS) is 13.8. The van der Waals surface area contributed by atoms with Gasteiger partial charge in [-0.05, 0) is 0 Å². The summed E-state index contributed by atoms with van der Waals surface area (Å²) in [4.78, 5) is 24.1. The fourth-order valence-corrected chi connectivity index (χ4v) is 5.83. The molecule has 0 N–H and O–H groups in total. The quantitative estimate of drug-likeness (QED) is 0.527. The van der Waals surface area contributed by atoms with Gasteiger partial charge in [0, 0.05) is 0 Å². The number of rotatable bonds is 4. The third-order valence-electron chi connectivity index (χ3n) is 3.97. The van der Waals surface area contributed by atoms with Crippen molar-refractivity contribution in [3.05, 3.63) is 93.6 Å². The summed E-state index contributed by atoms with van der Waals surface area (Å²) in [6.07, 6.45) is 0.156. The molecule has 0 radical (unpaired) electrons. The zero-order chi connectivity index (χ0) is 17.9. The third kappa shape index (κ3) is 3.48. The zero-order valence-corrected chi connectivity index (χ0v) is 15.9. The van der Waals surface area contributed by atoms with Crippen LogP contribution in [-0.4, -0.2) is 11.9 Å². The minimum absolute atomic E-state index is 0.156. The van der Waals surface area contributed by atoms with Crippen molar-refractivity contribution in [1.82, 2.24) is 0 Å². The fraction of sp³-hybridized carbons (Fsp3) is 0.0476. The Morgan fingerprint density at radius 1 is 0.846 bits per heavy atom. The van der Waals surface area contributed by atoms with Crippen LogP contribution in [0.2, 0.25) is 0 Å². The number of benzene rings is 3. The summed E-state index contributed by atoms with van der Waals surface area (Å²) in [6, 6.07) is 25.0. The van der Waals surface area contributed by atoms with E-state index < -0.39 is 26.6 Å². The van der Waals surface area contributed by atoms with E-state index in [-0.39, 0.29) is 12.4 Å². The second-order valence-electron chi connectivity index (χ2n) is 5.75. The monoisotopic (exact) mass is 458 g/mol. The first kappa shape index (κ1) is 16.8. The molecule has 130 valence electrons. The van der Waals surface area contributed by atoms with Crippen molar-refractivity contribution in [3.8, 4) is 11.1 Å². The van der Waals surface area contributed by atoms with Crippen molar-refractivity contribution >= 4 is 32.6 Å². The number of carbonyl (C=O) groups is 2. The average Bonchev–Trinajstić information content (AvgIpc) is 2.99. The van der Waals surface area contributed by atoms with Gasteiger partial charge in [0.05, 0.1) is 0 Å². The van der Waals surface area contributed by atoms with E-state index in [2.05, 4.69) is 0 Å². The molecule has 3 aromatic rings. The van der Waals surface area contributed by atoms with Crippen LogP contribution in [0.3, 0.4) is 0 Å². The Hall–Kier alpha value is -2.67. The molecular formula is C21H15IO4. The van der Waals surface area contributed by atoms with Crippen LogP contribution in [0.5, 0.6) is 0 Å². The second kappa shape index (κ2) is 7.29. The van der Waals surface area contributed by atoms with Crippen LogP contribution in [0.4, 0.5) is 0 Å². The van der Waals surface area contributed by atoms with E-state index in [1.165, 1.54) is 0 Å². The van der Waals surface area contributed by atoms with E-state index in [0.29, 0.717) is 5.56 Å². The summed E-state index contributed by atoms with van der Waals surface area (Å²) in [6.45, 7) is 0. The molecule has 1 aliphatic rings. The van der Waals surface area contributed by atoms with Gasteiger partial charge in [0.1, 0.15) is 0 Å². The molecule has 0 fully saturated rings. The molecular weight excluding hydrogens is 443 g/mol. The van der Waals surface area contributed by atoms with Crippen LogP contribution < -0.4 is 0 Å². The van der Waals surface area contributed by atoms with Crippen molar-refractivity contribution in [2.75, 3.05) is 0 Å². The maximum absolute atomic E-state index is 12.3. The molecule has 0 bridgehead atoms. The first-order chi connectivity index (χ1) is 12.7. The first-order valence-corrected chi connectivity index (χ1v) is 10.9. The van der Waals surface area contributed by atoms with Gasteiger partial charge in [0.25, 0.3) is 0 Å². The van der Waals surface area contributed by atoms with E-state index in [1.807, 2.05) is 60.7 Å². The van der Waals surface area contributed by atoms with E-state index in [9.17, 15) is 9.59 Å². The minimum atomic E-state index is -2.69. The summed E-state index contributed by atoms with van der Waals surface area (Å²) in [7, 11) is 0. The predicted octanol–water partition coefficient (Wildman–Crippen LogP) is 4.82. The Labute approximate surface area is 159 Å².